The molecule has 0 spiro atoms. The minimum absolute atomic E-state index is 0.0153. The van der Waals surface area contributed by atoms with Crippen LogP contribution in [0.4, 0.5) is 0 Å². The lowest BCUT2D eigenvalue weighted by Gasteiger charge is -2.39. The van der Waals surface area contributed by atoms with Crippen molar-refractivity contribution in [1.29, 1.82) is 0 Å². The largest absolute Gasteiger partial charge is 0.463 e. The van der Waals surface area contributed by atoms with Crippen molar-refractivity contribution in [1.82, 2.24) is 0 Å². The summed E-state index contributed by atoms with van der Waals surface area (Å²) in [6.45, 7) is 8.05. The summed E-state index contributed by atoms with van der Waals surface area (Å²) < 4.78 is 16.0. The fourth-order valence-electron chi connectivity index (χ4n) is 5.18. The molecule has 1 fully saturated rings. The van der Waals surface area contributed by atoms with Crippen LogP contribution in [0.2, 0.25) is 0 Å². The molecule has 0 aromatic heterocycles. The Bertz CT molecular complexity index is 608. The zero-order valence-electron chi connectivity index (χ0n) is 25.0. The fraction of sp³-hybridized carbons (Fsp3) is 0.967. The van der Waals surface area contributed by atoms with Crippen molar-refractivity contribution in [2.75, 3.05) is 31.3 Å². The van der Waals surface area contributed by atoms with E-state index in [0.717, 1.165) is 18.6 Å². The Kier molecular flexibility index (Phi) is 20.8. The molecule has 1 saturated heterocycles. The van der Waals surface area contributed by atoms with Gasteiger partial charge in [-0.15, -0.1) is 0 Å². The number of rotatable bonds is 23. The third-order valence-corrected chi connectivity index (χ3v) is 8.85. The molecule has 0 bridgehead atoms. The minimum atomic E-state index is -1.49. The number of ether oxygens (including phenoxy) is 3. The van der Waals surface area contributed by atoms with Gasteiger partial charge < -0.3 is 34.6 Å². The molecule has 4 N–H and O–H groups in total. The van der Waals surface area contributed by atoms with Gasteiger partial charge in [-0.25, -0.2) is 0 Å². The second kappa shape index (κ2) is 22.2. The molecule has 232 valence electrons. The molecular formula is C30H58O8S. The van der Waals surface area contributed by atoms with Crippen LogP contribution in [0.15, 0.2) is 0 Å². The maximum Gasteiger partial charge on any atom is 0.308 e. The highest BCUT2D eigenvalue weighted by atomic mass is 32.2. The summed E-state index contributed by atoms with van der Waals surface area (Å²) >= 11 is 2.06. The van der Waals surface area contributed by atoms with E-state index in [0.29, 0.717) is 11.8 Å². The van der Waals surface area contributed by atoms with Crippen molar-refractivity contribution >= 4 is 17.7 Å². The Hall–Kier alpha value is -0.420. The molecule has 1 aliphatic heterocycles. The van der Waals surface area contributed by atoms with E-state index >= 15 is 0 Å². The van der Waals surface area contributed by atoms with E-state index in [1.165, 1.54) is 70.0 Å². The molecule has 1 aliphatic rings. The van der Waals surface area contributed by atoms with Crippen LogP contribution in [0.5, 0.6) is 0 Å². The third kappa shape index (κ3) is 16.0. The molecular weight excluding hydrogens is 520 g/mol. The van der Waals surface area contributed by atoms with Crippen molar-refractivity contribution in [2.45, 2.75) is 135 Å². The number of thioether (sulfide) groups is 1. The summed E-state index contributed by atoms with van der Waals surface area (Å²) in [4.78, 5) is 12.4. The van der Waals surface area contributed by atoms with Crippen LogP contribution in [0.1, 0.15) is 105 Å². The van der Waals surface area contributed by atoms with Crippen LogP contribution < -0.4 is 0 Å². The first-order valence-electron chi connectivity index (χ1n) is 15.4. The maximum atomic E-state index is 12.4. The van der Waals surface area contributed by atoms with Gasteiger partial charge in [-0.2, -0.15) is 11.8 Å². The summed E-state index contributed by atoms with van der Waals surface area (Å²) in [5.74, 6) is 2.93. The summed E-state index contributed by atoms with van der Waals surface area (Å²) in [5, 5.41) is 38.8. The Labute approximate surface area is 241 Å². The predicted molar refractivity (Wildman–Crippen MR) is 157 cm³/mol. The number of aliphatic hydroxyl groups is 4. The lowest BCUT2D eigenvalue weighted by Crippen LogP contribution is -2.59. The number of hydrogen-bond donors (Lipinski definition) is 4. The van der Waals surface area contributed by atoms with Gasteiger partial charge in [0.2, 0.25) is 0 Å². The van der Waals surface area contributed by atoms with Gasteiger partial charge in [0, 0.05) is 0 Å². The highest BCUT2D eigenvalue weighted by Crippen LogP contribution is 2.24. The monoisotopic (exact) mass is 578 g/mol. The van der Waals surface area contributed by atoms with Crippen LogP contribution in [0.25, 0.3) is 0 Å². The molecule has 0 aromatic rings. The Morgan fingerprint density at radius 3 is 2.05 bits per heavy atom. The number of hydrogen-bond acceptors (Lipinski definition) is 9. The maximum absolute atomic E-state index is 12.4. The average molecular weight is 579 g/mol. The number of esters is 1. The molecule has 3 unspecified atom stereocenters. The molecule has 0 aliphatic carbocycles. The topological polar surface area (TPSA) is 126 Å². The van der Waals surface area contributed by atoms with Gasteiger partial charge in [0.05, 0.1) is 19.1 Å². The molecule has 0 amide bonds. The van der Waals surface area contributed by atoms with Gasteiger partial charge in [-0.3, -0.25) is 4.79 Å². The highest BCUT2D eigenvalue weighted by molar-refractivity contribution is 7.99. The second-order valence-electron chi connectivity index (χ2n) is 11.6. The number of carbonyl (C=O) groups is 1. The zero-order valence-corrected chi connectivity index (χ0v) is 25.8. The minimum Gasteiger partial charge on any atom is -0.463 e. The standard InChI is InChI=1S/C30H58O8S/c1-5-6-7-8-9-10-11-12-13-14-17-39-21-23(3)18-22(2)19-24(4)29(35)36-15-16-37-30-28(34)27(33)26(32)25(20-31)38-30/h22-28,30-34H,5-21H2,1-4H3/t22?,23?,24?,25-,26-,27+,28-,30-/m1/s1. The van der Waals surface area contributed by atoms with E-state index in [9.17, 15) is 25.2 Å². The zero-order chi connectivity index (χ0) is 29.0. The summed E-state index contributed by atoms with van der Waals surface area (Å²) in [5.41, 5.74) is 0. The smallest absolute Gasteiger partial charge is 0.308 e. The molecule has 39 heavy (non-hydrogen) atoms. The number of unbranched alkanes of at least 4 members (excludes halogenated alkanes) is 9. The van der Waals surface area contributed by atoms with Crippen molar-refractivity contribution in [3.63, 3.8) is 0 Å². The molecule has 1 rings (SSSR count). The predicted octanol–water partition coefficient (Wildman–Crippen LogP) is 4.69. The number of carbonyl (C=O) groups excluding carboxylic acids is 1. The summed E-state index contributed by atoms with van der Waals surface area (Å²) in [6, 6.07) is 0. The molecule has 8 nitrogen and oxygen atoms in total. The first-order chi connectivity index (χ1) is 18.7. The second-order valence-corrected chi connectivity index (χ2v) is 12.7. The van der Waals surface area contributed by atoms with Gasteiger partial charge >= 0.3 is 5.97 Å². The third-order valence-electron chi connectivity index (χ3n) is 7.47. The van der Waals surface area contributed by atoms with Crippen LogP contribution in [0.3, 0.4) is 0 Å². The van der Waals surface area contributed by atoms with Gasteiger partial charge in [0.25, 0.3) is 0 Å². The highest BCUT2D eigenvalue weighted by Gasteiger charge is 2.44. The van der Waals surface area contributed by atoms with E-state index in [1.54, 1.807) is 0 Å². The Morgan fingerprint density at radius 1 is 0.821 bits per heavy atom. The van der Waals surface area contributed by atoms with Crippen LogP contribution in [0, 0.1) is 17.8 Å². The van der Waals surface area contributed by atoms with E-state index in [-0.39, 0.29) is 25.1 Å². The van der Waals surface area contributed by atoms with Crippen LogP contribution in [-0.2, 0) is 19.0 Å². The average Bonchev–Trinajstić information content (AvgIpc) is 2.91. The van der Waals surface area contributed by atoms with Gasteiger partial charge in [0.15, 0.2) is 6.29 Å². The first-order valence-corrected chi connectivity index (χ1v) is 16.5. The Morgan fingerprint density at radius 2 is 1.44 bits per heavy atom. The first kappa shape index (κ1) is 36.6. The van der Waals surface area contributed by atoms with Crippen LogP contribution >= 0.6 is 11.8 Å². The van der Waals surface area contributed by atoms with E-state index in [2.05, 4.69) is 32.5 Å². The van der Waals surface area contributed by atoms with Crippen molar-refractivity contribution < 1.29 is 39.4 Å². The molecule has 0 aromatic carbocycles. The molecule has 0 saturated carbocycles. The van der Waals surface area contributed by atoms with Crippen molar-refractivity contribution in [3.8, 4) is 0 Å². The van der Waals surface area contributed by atoms with E-state index in [4.69, 9.17) is 14.2 Å². The van der Waals surface area contributed by atoms with E-state index in [1.807, 2.05) is 6.92 Å². The van der Waals surface area contributed by atoms with Crippen molar-refractivity contribution in [3.05, 3.63) is 0 Å². The summed E-state index contributed by atoms with van der Waals surface area (Å²) in [6.07, 6.45) is 8.93. The van der Waals surface area contributed by atoms with Gasteiger partial charge in [-0.05, 0) is 42.6 Å². The quantitative estimate of drug-likeness (QED) is 0.101. The lowest BCUT2D eigenvalue weighted by molar-refractivity contribution is -0.302. The SMILES string of the molecule is CCCCCCCCCCCCSCC(C)CC(C)CC(C)C(=O)OCCO[C@@H]1O[C@H](CO)[C@@H](O)[C@H](O)[C@H]1O. The molecule has 0 radical (unpaired) electrons. The molecule has 1 heterocycles. The van der Waals surface area contributed by atoms with Crippen LogP contribution in [-0.4, -0.2) is 88.4 Å². The molecule has 8 atom stereocenters. The van der Waals surface area contributed by atoms with Gasteiger partial charge in [0.1, 0.15) is 31.0 Å². The summed E-state index contributed by atoms with van der Waals surface area (Å²) in [7, 11) is 0. The lowest BCUT2D eigenvalue weighted by atomic mass is 9.90. The normalized spacial score (nSPS) is 25.8. The fourth-order valence-corrected chi connectivity index (χ4v) is 6.29. The van der Waals surface area contributed by atoms with Crippen molar-refractivity contribution in [2.24, 2.45) is 17.8 Å². The Balaban J connectivity index is 2.07. The van der Waals surface area contributed by atoms with Gasteiger partial charge in [-0.1, -0.05) is 85.5 Å². The molecule has 9 heteroatoms. The van der Waals surface area contributed by atoms with E-state index < -0.39 is 37.3 Å². The number of aliphatic hydroxyl groups excluding tert-OH is 4.